The van der Waals surface area contributed by atoms with E-state index >= 15 is 0 Å². The number of hydrogen-bond acceptors (Lipinski definition) is 8. The number of esters is 1. The Morgan fingerprint density at radius 1 is 0.837 bits per heavy atom. The summed E-state index contributed by atoms with van der Waals surface area (Å²) in [6, 6.07) is 27.1. The molecule has 0 N–H and O–H groups in total. The first kappa shape index (κ1) is 29.7. The third kappa shape index (κ3) is 7.75. The number of carbonyl (C=O) groups is 2. The van der Waals surface area contributed by atoms with Gasteiger partial charge in [0.2, 0.25) is 5.91 Å². The summed E-state index contributed by atoms with van der Waals surface area (Å²) >= 11 is 0. The van der Waals surface area contributed by atoms with Gasteiger partial charge in [0.15, 0.2) is 11.5 Å². The Bertz CT molecular complexity index is 1450. The number of methoxy groups -OCH3 is 2. The van der Waals surface area contributed by atoms with Crippen molar-refractivity contribution in [1.29, 1.82) is 0 Å². The van der Waals surface area contributed by atoms with Crippen molar-refractivity contribution in [2.24, 2.45) is 5.92 Å². The molecule has 222 valence electrons. The Hall–Kier alpha value is -4.76. The Labute approximate surface area is 252 Å². The molecule has 0 radical (unpaired) electrons. The third-order valence-corrected chi connectivity index (χ3v) is 7.61. The predicted octanol–water partition coefficient (Wildman–Crippen LogP) is 4.48. The van der Waals surface area contributed by atoms with E-state index in [2.05, 4.69) is 9.97 Å². The average Bonchev–Trinajstić information content (AvgIpc) is 3.51. The molecule has 0 unspecified atom stereocenters. The number of amides is 1. The quantitative estimate of drug-likeness (QED) is 0.227. The molecule has 4 aromatic rings. The maximum absolute atomic E-state index is 13.7. The molecule has 2 aromatic heterocycles. The van der Waals surface area contributed by atoms with Gasteiger partial charge >= 0.3 is 5.97 Å². The van der Waals surface area contributed by atoms with Gasteiger partial charge in [0.1, 0.15) is 6.61 Å². The molecule has 0 spiro atoms. The minimum Gasteiger partial charge on any atom is -0.493 e. The summed E-state index contributed by atoms with van der Waals surface area (Å²) in [6.07, 6.45) is 3.49. The number of pyridine rings is 2. The summed E-state index contributed by atoms with van der Waals surface area (Å²) < 4.78 is 16.8. The largest absolute Gasteiger partial charge is 0.493 e. The summed E-state index contributed by atoms with van der Waals surface area (Å²) in [5, 5.41) is 0. The highest BCUT2D eigenvalue weighted by Gasteiger charge is 2.41. The molecule has 3 heterocycles. The van der Waals surface area contributed by atoms with Crippen molar-refractivity contribution < 1.29 is 23.8 Å². The molecule has 1 saturated heterocycles. The van der Waals surface area contributed by atoms with Gasteiger partial charge in [-0.3, -0.25) is 24.5 Å². The van der Waals surface area contributed by atoms with Crippen LogP contribution in [0.15, 0.2) is 97.3 Å². The number of hydrogen-bond donors (Lipinski definition) is 0. The second-order valence-electron chi connectivity index (χ2n) is 10.5. The van der Waals surface area contributed by atoms with E-state index in [-0.39, 0.29) is 30.9 Å². The van der Waals surface area contributed by atoms with Gasteiger partial charge in [-0.15, -0.1) is 0 Å². The number of likely N-dealkylation sites (tertiary alicyclic amines) is 1. The van der Waals surface area contributed by atoms with Crippen molar-refractivity contribution in [3.05, 3.63) is 120 Å². The van der Waals surface area contributed by atoms with E-state index in [1.54, 1.807) is 24.4 Å². The molecule has 9 nitrogen and oxygen atoms in total. The highest BCUT2D eigenvalue weighted by molar-refractivity contribution is 5.81. The zero-order chi connectivity index (χ0) is 30.0. The number of carbonyl (C=O) groups excluding carboxylic acids is 2. The minimum absolute atomic E-state index is 0.0713. The number of benzene rings is 2. The number of ether oxygens (including phenoxy) is 3. The van der Waals surface area contributed by atoms with Crippen LogP contribution in [0.2, 0.25) is 0 Å². The molecule has 2 aromatic carbocycles. The van der Waals surface area contributed by atoms with Gasteiger partial charge in [0.05, 0.1) is 38.1 Å². The fourth-order valence-electron chi connectivity index (χ4n) is 5.41. The second-order valence-corrected chi connectivity index (χ2v) is 10.5. The van der Waals surface area contributed by atoms with E-state index in [9.17, 15) is 9.59 Å². The van der Waals surface area contributed by atoms with Crippen LogP contribution in [0.4, 0.5) is 0 Å². The molecule has 1 amide bonds. The van der Waals surface area contributed by atoms with Crippen LogP contribution in [0, 0.1) is 5.92 Å². The lowest BCUT2D eigenvalue weighted by atomic mass is 9.89. The van der Waals surface area contributed by atoms with E-state index < -0.39 is 5.92 Å². The Balaban J connectivity index is 1.32. The molecule has 9 heteroatoms. The van der Waals surface area contributed by atoms with Gasteiger partial charge in [0, 0.05) is 44.5 Å². The topological polar surface area (TPSA) is 94.1 Å². The number of aromatic nitrogens is 2. The second kappa shape index (κ2) is 14.4. The first-order valence-electron chi connectivity index (χ1n) is 14.3. The molecule has 2 atom stereocenters. The first-order chi connectivity index (χ1) is 21.0. The van der Waals surface area contributed by atoms with Crippen molar-refractivity contribution in [2.75, 3.05) is 33.9 Å². The Kier molecular flexibility index (Phi) is 9.97. The number of nitrogens with zero attached hydrogens (tertiary/aromatic N) is 4. The highest BCUT2D eigenvalue weighted by atomic mass is 16.5. The van der Waals surface area contributed by atoms with Crippen LogP contribution in [0.1, 0.15) is 28.4 Å². The lowest BCUT2D eigenvalue weighted by Gasteiger charge is -2.24. The maximum atomic E-state index is 13.7. The summed E-state index contributed by atoms with van der Waals surface area (Å²) in [5.74, 6) is -0.00197. The summed E-state index contributed by atoms with van der Waals surface area (Å²) in [4.78, 5) is 39.3. The molecular weight excluding hydrogens is 544 g/mol. The fraction of sp³-hybridized carbons (Fsp3) is 0.294. The zero-order valence-corrected chi connectivity index (χ0v) is 24.5. The molecule has 1 aliphatic rings. The SMILES string of the molecule is COC(=O)[C@H]1CN(C(=O)CN(Cc2ccccn2)Cc2ccccn2)C[C@@H]1c1ccc(OCc2ccccc2)c(OC)c1. The van der Waals surface area contributed by atoms with Gasteiger partial charge in [0.25, 0.3) is 0 Å². The van der Waals surface area contributed by atoms with Crippen LogP contribution >= 0.6 is 0 Å². The molecule has 0 bridgehead atoms. The summed E-state index contributed by atoms with van der Waals surface area (Å²) in [7, 11) is 2.97. The van der Waals surface area contributed by atoms with E-state index in [0.29, 0.717) is 37.7 Å². The van der Waals surface area contributed by atoms with Crippen molar-refractivity contribution >= 4 is 11.9 Å². The summed E-state index contributed by atoms with van der Waals surface area (Å²) in [5.41, 5.74) is 3.65. The molecule has 1 fully saturated rings. The van der Waals surface area contributed by atoms with Gasteiger partial charge in [-0.25, -0.2) is 0 Å². The van der Waals surface area contributed by atoms with Crippen molar-refractivity contribution in [3.8, 4) is 11.5 Å². The maximum Gasteiger partial charge on any atom is 0.311 e. The normalized spacial score (nSPS) is 16.2. The highest BCUT2D eigenvalue weighted by Crippen LogP contribution is 2.38. The monoisotopic (exact) mass is 580 g/mol. The average molecular weight is 581 g/mol. The van der Waals surface area contributed by atoms with E-state index in [1.807, 2.05) is 89.8 Å². The molecule has 0 aliphatic carbocycles. The van der Waals surface area contributed by atoms with Crippen molar-refractivity contribution in [2.45, 2.75) is 25.6 Å². The van der Waals surface area contributed by atoms with Crippen LogP contribution in [0.5, 0.6) is 11.5 Å². The van der Waals surface area contributed by atoms with E-state index in [0.717, 1.165) is 22.5 Å². The van der Waals surface area contributed by atoms with Crippen LogP contribution in [-0.4, -0.2) is 65.5 Å². The predicted molar refractivity (Wildman–Crippen MR) is 161 cm³/mol. The van der Waals surface area contributed by atoms with Crippen molar-refractivity contribution in [3.63, 3.8) is 0 Å². The van der Waals surface area contributed by atoms with Gasteiger partial charge in [-0.1, -0.05) is 48.5 Å². The van der Waals surface area contributed by atoms with Gasteiger partial charge < -0.3 is 19.1 Å². The molecule has 0 saturated carbocycles. The fourth-order valence-corrected chi connectivity index (χ4v) is 5.41. The van der Waals surface area contributed by atoms with Gasteiger partial charge in [-0.2, -0.15) is 0 Å². The molecule has 5 rings (SSSR count). The number of rotatable bonds is 12. The first-order valence-corrected chi connectivity index (χ1v) is 14.3. The standard InChI is InChI=1S/C34H36N4O5/c1-41-32-18-26(14-15-31(32)43-24-25-10-4-3-5-11-25)29-21-38(22-30(29)34(40)42-2)33(39)23-37(19-27-12-6-8-16-35-27)20-28-13-7-9-17-36-28/h3-18,29-30H,19-24H2,1-2H3/t29-,30+/m1/s1. The zero-order valence-electron chi connectivity index (χ0n) is 24.5. The van der Waals surface area contributed by atoms with Crippen molar-refractivity contribution in [1.82, 2.24) is 19.8 Å². The molecular formula is C34H36N4O5. The Morgan fingerprint density at radius 2 is 1.51 bits per heavy atom. The molecule has 1 aliphatic heterocycles. The minimum atomic E-state index is -0.505. The van der Waals surface area contributed by atoms with Crippen LogP contribution in [-0.2, 0) is 34.0 Å². The molecule has 43 heavy (non-hydrogen) atoms. The summed E-state index contributed by atoms with van der Waals surface area (Å²) in [6.45, 7) is 2.19. The smallest absolute Gasteiger partial charge is 0.311 e. The lowest BCUT2D eigenvalue weighted by molar-refractivity contribution is -0.145. The van der Waals surface area contributed by atoms with Crippen LogP contribution in [0.25, 0.3) is 0 Å². The van der Waals surface area contributed by atoms with E-state index in [4.69, 9.17) is 14.2 Å². The van der Waals surface area contributed by atoms with Gasteiger partial charge in [-0.05, 0) is 47.5 Å². The third-order valence-electron chi connectivity index (χ3n) is 7.61. The van der Waals surface area contributed by atoms with Crippen LogP contribution < -0.4 is 9.47 Å². The lowest BCUT2D eigenvalue weighted by Crippen LogP contribution is -2.39. The van der Waals surface area contributed by atoms with E-state index in [1.165, 1.54) is 7.11 Å². The Morgan fingerprint density at radius 3 is 2.12 bits per heavy atom. The van der Waals surface area contributed by atoms with Crippen LogP contribution in [0.3, 0.4) is 0 Å².